The lowest BCUT2D eigenvalue weighted by Gasteiger charge is -2.18. The number of carboxylic acids is 1. The van der Waals surface area contributed by atoms with E-state index >= 15 is 0 Å². The van der Waals surface area contributed by atoms with E-state index in [9.17, 15) is 19.5 Å². The summed E-state index contributed by atoms with van der Waals surface area (Å²) >= 11 is 0. The molecule has 3 aromatic heterocycles. The highest BCUT2D eigenvalue weighted by Gasteiger charge is 2.43. The molecule has 0 aromatic carbocycles. The second-order valence-electron chi connectivity index (χ2n) is 12.0. The summed E-state index contributed by atoms with van der Waals surface area (Å²) in [5.74, 6) is -2.79. The molecule has 220 valence electrons. The maximum atomic E-state index is 13.9. The number of aromatic nitrogens is 4. The van der Waals surface area contributed by atoms with Gasteiger partial charge in [-0.15, -0.1) is 0 Å². The van der Waals surface area contributed by atoms with E-state index < -0.39 is 11.9 Å². The molecule has 8 heteroatoms. The lowest BCUT2D eigenvalue weighted by atomic mass is 9.83. The van der Waals surface area contributed by atoms with Crippen LogP contribution in [0.2, 0.25) is 0 Å². The van der Waals surface area contributed by atoms with E-state index in [-0.39, 0.29) is 29.8 Å². The molecule has 1 aliphatic carbocycles. The third-order valence-electron chi connectivity index (χ3n) is 9.54. The van der Waals surface area contributed by atoms with Crippen molar-refractivity contribution in [3.8, 4) is 0 Å². The van der Waals surface area contributed by atoms with Gasteiger partial charge in [0.1, 0.15) is 11.7 Å². The van der Waals surface area contributed by atoms with Crippen molar-refractivity contribution in [2.45, 2.75) is 78.6 Å². The van der Waals surface area contributed by atoms with E-state index in [2.05, 4.69) is 36.5 Å². The number of carboxylic acid groups (broad SMARTS) is 1. The monoisotopic (exact) mass is 576 g/mol. The Morgan fingerprint density at radius 2 is 1.72 bits per heavy atom. The number of aryl methyl sites for hydroxylation is 2. The molecule has 0 radical (unpaired) electrons. The summed E-state index contributed by atoms with van der Waals surface area (Å²) < 4.78 is 0. The molecule has 6 rings (SSSR count). The number of nitrogens with zero attached hydrogens (tertiary/aromatic N) is 2. The second-order valence-corrected chi connectivity index (χ2v) is 12.0. The van der Waals surface area contributed by atoms with Crippen LogP contribution in [0.1, 0.15) is 120 Å². The first-order valence-corrected chi connectivity index (χ1v) is 14.8. The number of H-pyrrole nitrogens is 2. The first-order chi connectivity index (χ1) is 20.5. The fourth-order valence-electron chi connectivity index (χ4n) is 7.14. The van der Waals surface area contributed by atoms with E-state index in [1.807, 2.05) is 39.0 Å². The number of carbonyl (C=O) groups is 3. The van der Waals surface area contributed by atoms with E-state index in [4.69, 9.17) is 9.97 Å². The molecule has 0 unspecified atom stereocenters. The number of nitrogens with one attached hydrogen (secondary N) is 2. The first-order valence-electron chi connectivity index (χ1n) is 14.8. The number of ketones is 2. The SMILES string of the molecule is C=Cc1c(C)c2cc3nc(c4c5[nH]c(cc6nc(cc1[nH]2)C(C)=C6CC)c(C)c5C(=O)[C@@H]4C(C)=O)[C@@H](CCC(=O)O)[C@@H]3C. The Hall–Kier alpha value is -4.59. The Balaban J connectivity index is 1.82. The zero-order chi connectivity index (χ0) is 30.9. The molecule has 8 nitrogen and oxygen atoms in total. The van der Waals surface area contributed by atoms with E-state index in [0.29, 0.717) is 28.8 Å². The minimum absolute atomic E-state index is 0.0475. The summed E-state index contributed by atoms with van der Waals surface area (Å²) in [6.07, 6.45) is 2.91. The maximum Gasteiger partial charge on any atom is 0.303 e. The number of Topliss-reactive ketones (excluding diaryl/α,β-unsaturated/α-hetero) is 2. The predicted molar refractivity (Wildman–Crippen MR) is 169 cm³/mol. The first kappa shape index (κ1) is 28.5. The Morgan fingerprint density at radius 1 is 1.02 bits per heavy atom. The summed E-state index contributed by atoms with van der Waals surface area (Å²) in [6.45, 7) is 15.7. The molecule has 8 bridgehead atoms. The van der Waals surface area contributed by atoms with Gasteiger partial charge in [-0.05, 0) is 81.0 Å². The number of aromatic amines is 2. The molecular formula is C35H36N4O4. The third kappa shape index (κ3) is 4.30. The van der Waals surface area contributed by atoms with Crippen molar-refractivity contribution >= 4 is 56.8 Å². The normalized spacial score (nSPS) is 19.3. The molecule has 0 spiro atoms. The van der Waals surface area contributed by atoms with Gasteiger partial charge in [-0.2, -0.15) is 0 Å². The Morgan fingerprint density at radius 3 is 2.37 bits per heavy atom. The largest absolute Gasteiger partial charge is 0.481 e. The molecule has 0 saturated heterocycles. The number of allylic oxidation sites excluding steroid dienone is 2. The van der Waals surface area contributed by atoms with Crippen LogP contribution in [0, 0.1) is 13.8 Å². The Labute approximate surface area is 250 Å². The molecule has 5 heterocycles. The summed E-state index contributed by atoms with van der Waals surface area (Å²) in [6, 6.07) is 6.05. The highest BCUT2D eigenvalue weighted by molar-refractivity contribution is 6.24. The molecule has 0 saturated carbocycles. The maximum absolute atomic E-state index is 13.9. The van der Waals surface area contributed by atoms with E-state index in [0.717, 1.165) is 67.9 Å². The van der Waals surface area contributed by atoms with Crippen LogP contribution in [-0.4, -0.2) is 42.6 Å². The number of hydrogen-bond donors (Lipinski definition) is 3. The lowest BCUT2D eigenvalue weighted by Crippen LogP contribution is -2.18. The van der Waals surface area contributed by atoms with Crippen LogP contribution in [-0.2, 0) is 9.59 Å². The van der Waals surface area contributed by atoms with Crippen molar-refractivity contribution in [3.05, 3.63) is 75.4 Å². The van der Waals surface area contributed by atoms with Gasteiger partial charge < -0.3 is 15.1 Å². The van der Waals surface area contributed by atoms with Crippen LogP contribution in [0.5, 0.6) is 0 Å². The van der Waals surface area contributed by atoms with Gasteiger partial charge in [-0.1, -0.05) is 26.5 Å². The highest BCUT2D eigenvalue weighted by atomic mass is 16.4. The van der Waals surface area contributed by atoms with Gasteiger partial charge in [0, 0.05) is 57.2 Å². The second kappa shape index (κ2) is 10.3. The van der Waals surface area contributed by atoms with Crippen molar-refractivity contribution in [1.82, 2.24) is 19.9 Å². The van der Waals surface area contributed by atoms with Gasteiger partial charge in [-0.25, -0.2) is 4.98 Å². The zero-order valence-electron chi connectivity index (χ0n) is 25.4. The predicted octanol–water partition coefficient (Wildman–Crippen LogP) is 7.54. The number of hydrogen-bond acceptors (Lipinski definition) is 5. The van der Waals surface area contributed by atoms with Crippen LogP contribution in [0.15, 0.2) is 24.8 Å². The van der Waals surface area contributed by atoms with Crippen molar-refractivity contribution < 1.29 is 19.5 Å². The molecule has 3 atom stereocenters. The topological polar surface area (TPSA) is 129 Å². The zero-order valence-corrected chi connectivity index (χ0v) is 25.4. The van der Waals surface area contributed by atoms with Gasteiger partial charge in [-0.3, -0.25) is 19.4 Å². The fourth-order valence-corrected chi connectivity index (χ4v) is 7.14. The third-order valence-corrected chi connectivity index (χ3v) is 9.54. The molecular weight excluding hydrogens is 540 g/mol. The van der Waals surface area contributed by atoms with Crippen LogP contribution < -0.4 is 0 Å². The quantitative estimate of drug-likeness (QED) is 0.260. The molecule has 3 aliphatic rings. The highest BCUT2D eigenvalue weighted by Crippen LogP contribution is 2.48. The molecule has 3 aromatic rings. The fraction of sp³-hybridized carbons (Fsp3) is 0.343. The number of aliphatic carboxylic acids is 1. The van der Waals surface area contributed by atoms with Crippen molar-refractivity contribution in [1.29, 1.82) is 0 Å². The molecule has 43 heavy (non-hydrogen) atoms. The number of carbonyl (C=O) groups excluding carboxylic acids is 2. The molecule has 2 aliphatic heterocycles. The van der Waals surface area contributed by atoms with Crippen molar-refractivity contribution in [2.24, 2.45) is 0 Å². The van der Waals surface area contributed by atoms with Crippen LogP contribution >= 0.6 is 0 Å². The van der Waals surface area contributed by atoms with E-state index in [1.54, 1.807) is 0 Å². The van der Waals surface area contributed by atoms with Crippen molar-refractivity contribution in [2.75, 3.05) is 0 Å². The van der Waals surface area contributed by atoms with Gasteiger partial charge in [0.25, 0.3) is 0 Å². The molecule has 3 N–H and O–H groups in total. The molecule has 0 amide bonds. The Kier molecular flexibility index (Phi) is 6.83. The van der Waals surface area contributed by atoms with Gasteiger partial charge in [0.05, 0.1) is 22.6 Å². The van der Waals surface area contributed by atoms with Crippen LogP contribution in [0.25, 0.3) is 39.3 Å². The summed E-state index contributed by atoms with van der Waals surface area (Å²) in [5.41, 5.74) is 12.3. The van der Waals surface area contributed by atoms with E-state index in [1.165, 1.54) is 6.92 Å². The molecule has 0 fully saturated rings. The van der Waals surface area contributed by atoms with Crippen LogP contribution in [0.3, 0.4) is 0 Å². The van der Waals surface area contributed by atoms with Crippen LogP contribution in [0.4, 0.5) is 0 Å². The van der Waals surface area contributed by atoms with Crippen molar-refractivity contribution in [3.63, 3.8) is 0 Å². The summed E-state index contributed by atoms with van der Waals surface area (Å²) in [7, 11) is 0. The average Bonchev–Trinajstić information content (AvgIpc) is 3.68. The van der Waals surface area contributed by atoms with Gasteiger partial charge in [0.15, 0.2) is 5.78 Å². The minimum atomic E-state index is -0.983. The smallest absolute Gasteiger partial charge is 0.303 e. The van der Waals surface area contributed by atoms with Gasteiger partial charge in [0.2, 0.25) is 0 Å². The minimum Gasteiger partial charge on any atom is -0.481 e. The van der Waals surface area contributed by atoms with Gasteiger partial charge >= 0.3 is 5.97 Å². The number of rotatable bonds is 6. The standard InChI is InChI=1S/C35H36N4O4/c1-8-20-15(3)23-12-25-17(5)22(10-11-29(41)42)33(38-25)32-31(19(7)40)35(43)30-18(6)26(39-34(30)32)14-28-21(9-2)16(4)24(37-28)13-27(20)36-23/h8,12-14,17,22,31,36,39H,1,9-11H2,2-7H3,(H,41,42)/t17-,22-,31+/m0/s1. The average molecular weight is 577 g/mol. The Bertz CT molecular complexity index is 1970. The lowest BCUT2D eigenvalue weighted by molar-refractivity contribution is -0.137. The number of fused-ring (bicyclic) bond motifs is 8. The summed E-state index contributed by atoms with van der Waals surface area (Å²) in [5, 5.41) is 9.58. The summed E-state index contributed by atoms with van der Waals surface area (Å²) in [4.78, 5) is 55.8.